The maximum absolute atomic E-state index is 12.9. The number of methoxy groups -OCH3 is 1. The minimum Gasteiger partial charge on any atom is -0.497 e. The molecule has 0 spiro atoms. The second-order valence-electron chi connectivity index (χ2n) is 6.58. The van der Waals surface area contributed by atoms with Gasteiger partial charge in [-0.2, -0.15) is 0 Å². The molecule has 118 valence electrons. The van der Waals surface area contributed by atoms with Gasteiger partial charge < -0.3 is 14.6 Å². The molecule has 0 saturated carbocycles. The van der Waals surface area contributed by atoms with Crippen LogP contribution in [0.25, 0.3) is 10.9 Å². The molecule has 2 N–H and O–H groups in total. The van der Waals surface area contributed by atoms with E-state index in [0.29, 0.717) is 0 Å². The van der Waals surface area contributed by atoms with Gasteiger partial charge in [0, 0.05) is 16.6 Å². The lowest BCUT2D eigenvalue weighted by Gasteiger charge is -2.27. The molecular formula is C18H25N2O2+. The Morgan fingerprint density at radius 1 is 1.32 bits per heavy atom. The monoisotopic (exact) mass is 301 g/mol. The van der Waals surface area contributed by atoms with Crippen LogP contribution < -0.4 is 15.1 Å². The minimum absolute atomic E-state index is 0.149. The van der Waals surface area contributed by atoms with Crippen molar-refractivity contribution >= 4 is 10.9 Å². The maximum atomic E-state index is 12.9. The van der Waals surface area contributed by atoms with E-state index < -0.39 is 0 Å². The Kier molecular flexibility index (Phi) is 4.21. The van der Waals surface area contributed by atoms with E-state index in [1.807, 2.05) is 25.1 Å². The van der Waals surface area contributed by atoms with Crippen molar-refractivity contribution in [2.24, 2.45) is 5.92 Å². The molecule has 2 aromatic rings. The van der Waals surface area contributed by atoms with E-state index in [4.69, 9.17) is 4.74 Å². The summed E-state index contributed by atoms with van der Waals surface area (Å²) in [7, 11) is 1.63. The summed E-state index contributed by atoms with van der Waals surface area (Å²) in [5.74, 6) is 1.55. The Bertz CT molecular complexity index is 728. The Morgan fingerprint density at radius 2 is 2.05 bits per heavy atom. The predicted molar refractivity (Wildman–Crippen MR) is 88.7 cm³/mol. The number of nitrogens with one attached hydrogen (secondary N) is 2. The number of piperidine rings is 1. The third-order valence-corrected chi connectivity index (χ3v) is 4.93. The molecule has 1 aromatic heterocycles. The van der Waals surface area contributed by atoms with Gasteiger partial charge in [0.1, 0.15) is 12.3 Å². The topological polar surface area (TPSA) is 46.5 Å². The van der Waals surface area contributed by atoms with Gasteiger partial charge in [-0.15, -0.1) is 0 Å². The van der Waals surface area contributed by atoms with Crippen molar-refractivity contribution in [3.8, 4) is 5.75 Å². The van der Waals surface area contributed by atoms with Crippen LogP contribution in [0, 0.1) is 12.8 Å². The van der Waals surface area contributed by atoms with Crippen LogP contribution in [-0.2, 0) is 6.54 Å². The zero-order valence-corrected chi connectivity index (χ0v) is 13.7. The van der Waals surface area contributed by atoms with Gasteiger partial charge in [0.25, 0.3) is 0 Å². The van der Waals surface area contributed by atoms with Crippen molar-refractivity contribution in [1.29, 1.82) is 0 Å². The van der Waals surface area contributed by atoms with Crippen LogP contribution in [0.1, 0.15) is 31.0 Å². The molecule has 1 aliphatic heterocycles. The van der Waals surface area contributed by atoms with Crippen molar-refractivity contribution in [3.05, 3.63) is 39.7 Å². The van der Waals surface area contributed by atoms with E-state index in [-0.39, 0.29) is 5.43 Å². The van der Waals surface area contributed by atoms with Gasteiger partial charge in [0.05, 0.1) is 25.8 Å². The van der Waals surface area contributed by atoms with Crippen LogP contribution >= 0.6 is 0 Å². The Hall–Kier alpha value is -1.81. The van der Waals surface area contributed by atoms with E-state index in [1.165, 1.54) is 17.7 Å². The summed E-state index contributed by atoms with van der Waals surface area (Å²) in [5.41, 5.74) is 2.95. The fraction of sp³-hybridized carbons (Fsp3) is 0.500. The van der Waals surface area contributed by atoms with Gasteiger partial charge in [-0.3, -0.25) is 4.79 Å². The second kappa shape index (κ2) is 6.13. The molecule has 0 radical (unpaired) electrons. The first-order valence-corrected chi connectivity index (χ1v) is 8.11. The standard InChI is InChI=1S/C18H24N2O2/c1-12-6-8-20(9-7-12)11-16-13(2)19-17-5-4-14(22-3)10-15(17)18(16)21/h4-5,10,12H,6-9,11H2,1-3H3,(H,19,21)/p+1. The van der Waals surface area contributed by atoms with E-state index in [9.17, 15) is 4.79 Å². The number of benzene rings is 1. The molecule has 0 amide bonds. The fourth-order valence-corrected chi connectivity index (χ4v) is 3.37. The molecule has 0 unspecified atom stereocenters. The third kappa shape index (κ3) is 2.88. The summed E-state index contributed by atoms with van der Waals surface area (Å²) < 4.78 is 5.25. The summed E-state index contributed by atoms with van der Waals surface area (Å²) in [6.07, 6.45) is 2.52. The van der Waals surface area contributed by atoms with Gasteiger partial charge in [0.15, 0.2) is 5.43 Å². The van der Waals surface area contributed by atoms with Crippen LogP contribution in [0.5, 0.6) is 5.75 Å². The summed E-state index contributed by atoms with van der Waals surface area (Å²) in [5, 5.41) is 0.727. The fourth-order valence-electron chi connectivity index (χ4n) is 3.37. The molecule has 0 atom stereocenters. The van der Waals surface area contributed by atoms with Crippen LogP contribution in [0.2, 0.25) is 0 Å². The zero-order chi connectivity index (χ0) is 15.7. The number of quaternary nitrogens is 1. The zero-order valence-electron chi connectivity index (χ0n) is 13.7. The van der Waals surface area contributed by atoms with Crippen LogP contribution in [-0.4, -0.2) is 25.2 Å². The summed E-state index contributed by atoms with van der Waals surface area (Å²) in [4.78, 5) is 17.8. The number of hydrogen-bond acceptors (Lipinski definition) is 2. The second-order valence-corrected chi connectivity index (χ2v) is 6.58. The molecule has 3 rings (SSSR count). The highest BCUT2D eigenvalue weighted by molar-refractivity contribution is 5.81. The van der Waals surface area contributed by atoms with Crippen molar-refractivity contribution in [3.63, 3.8) is 0 Å². The van der Waals surface area contributed by atoms with Gasteiger partial charge in [0.2, 0.25) is 0 Å². The highest BCUT2D eigenvalue weighted by Crippen LogP contribution is 2.18. The average Bonchev–Trinajstić information content (AvgIpc) is 2.53. The van der Waals surface area contributed by atoms with E-state index in [0.717, 1.165) is 53.5 Å². The van der Waals surface area contributed by atoms with Crippen molar-refractivity contribution < 1.29 is 9.64 Å². The van der Waals surface area contributed by atoms with E-state index in [1.54, 1.807) is 7.11 Å². The Labute approximate surface area is 131 Å². The summed E-state index contributed by atoms with van der Waals surface area (Å²) >= 11 is 0. The predicted octanol–water partition coefficient (Wildman–Crippen LogP) is 1.66. The first-order valence-electron chi connectivity index (χ1n) is 8.11. The smallest absolute Gasteiger partial charge is 0.198 e. The highest BCUT2D eigenvalue weighted by atomic mass is 16.5. The van der Waals surface area contributed by atoms with Crippen LogP contribution in [0.4, 0.5) is 0 Å². The number of hydrogen-bond donors (Lipinski definition) is 2. The van der Waals surface area contributed by atoms with Crippen molar-refractivity contribution in [2.75, 3.05) is 20.2 Å². The van der Waals surface area contributed by atoms with Crippen LogP contribution in [0.3, 0.4) is 0 Å². The molecule has 4 nitrogen and oxygen atoms in total. The number of fused-ring (bicyclic) bond motifs is 1. The number of H-pyrrole nitrogens is 1. The van der Waals surface area contributed by atoms with Crippen molar-refractivity contribution in [1.82, 2.24) is 4.98 Å². The molecule has 1 fully saturated rings. The number of likely N-dealkylation sites (tertiary alicyclic amines) is 1. The number of aromatic amines is 1. The molecule has 1 aromatic carbocycles. The quantitative estimate of drug-likeness (QED) is 0.906. The number of pyridine rings is 1. The molecule has 0 bridgehead atoms. The minimum atomic E-state index is 0.149. The third-order valence-electron chi connectivity index (χ3n) is 4.93. The molecule has 22 heavy (non-hydrogen) atoms. The Morgan fingerprint density at radius 3 is 2.73 bits per heavy atom. The summed E-state index contributed by atoms with van der Waals surface area (Å²) in [6.45, 7) is 7.47. The van der Waals surface area contributed by atoms with Gasteiger partial charge in [-0.25, -0.2) is 0 Å². The molecule has 1 aliphatic rings. The highest BCUT2D eigenvalue weighted by Gasteiger charge is 2.21. The van der Waals surface area contributed by atoms with Gasteiger partial charge >= 0.3 is 0 Å². The first-order chi connectivity index (χ1) is 10.6. The normalized spacial score (nSPS) is 22.0. The maximum Gasteiger partial charge on any atom is 0.198 e. The number of aryl methyl sites for hydroxylation is 1. The molecule has 1 saturated heterocycles. The van der Waals surface area contributed by atoms with Crippen molar-refractivity contribution in [2.45, 2.75) is 33.2 Å². The average molecular weight is 301 g/mol. The molecule has 0 aliphatic carbocycles. The van der Waals surface area contributed by atoms with E-state index >= 15 is 0 Å². The van der Waals surface area contributed by atoms with Gasteiger partial charge in [-0.1, -0.05) is 6.92 Å². The number of rotatable bonds is 3. The largest absolute Gasteiger partial charge is 0.497 e. The van der Waals surface area contributed by atoms with Gasteiger partial charge in [-0.05, 0) is 43.9 Å². The Balaban J connectivity index is 1.96. The number of aromatic nitrogens is 1. The SMILES string of the molecule is COc1ccc2[nH]c(C)c(C[NH+]3CCC(C)CC3)c(=O)c2c1. The lowest BCUT2D eigenvalue weighted by Crippen LogP contribution is -3.12. The van der Waals surface area contributed by atoms with Crippen LogP contribution in [0.15, 0.2) is 23.0 Å². The summed E-state index contributed by atoms with van der Waals surface area (Å²) in [6, 6.07) is 5.64. The lowest BCUT2D eigenvalue weighted by atomic mass is 9.98. The number of ether oxygens (including phenoxy) is 1. The lowest BCUT2D eigenvalue weighted by molar-refractivity contribution is -0.919. The molecule has 2 heterocycles. The van der Waals surface area contributed by atoms with E-state index in [2.05, 4.69) is 11.9 Å². The molecular weight excluding hydrogens is 276 g/mol. The first kappa shape index (κ1) is 15.1. The molecule has 4 heteroatoms.